The third-order valence-electron chi connectivity index (χ3n) is 2.67. The summed E-state index contributed by atoms with van der Waals surface area (Å²) in [5.41, 5.74) is 0.557. The number of aryl methyl sites for hydroxylation is 1. The van der Waals surface area contributed by atoms with Gasteiger partial charge in [-0.1, -0.05) is 20.8 Å². The summed E-state index contributed by atoms with van der Waals surface area (Å²) in [5.74, 6) is 1.26. The smallest absolute Gasteiger partial charge is 0.234 e. The molecule has 2 rings (SSSR count). The molecule has 2 aromatic heterocycles. The van der Waals surface area contributed by atoms with Crippen molar-refractivity contribution in [2.24, 2.45) is 0 Å². The molecular formula is C14H18N4O2. The number of nitrogens with zero attached hydrogens (tertiary/aromatic N) is 3. The van der Waals surface area contributed by atoms with E-state index in [4.69, 9.17) is 4.42 Å². The largest absolute Gasteiger partial charge is 0.444 e. The lowest BCUT2D eigenvalue weighted by Crippen LogP contribution is -2.16. The summed E-state index contributed by atoms with van der Waals surface area (Å²) >= 11 is 0. The van der Waals surface area contributed by atoms with Crippen molar-refractivity contribution in [3.8, 4) is 0 Å². The summed E-state index contributed by atoms with van der Waals surface area (Å²) in [6, 6.07) is 1.69. The molecule has 106 valence electrons. The van der Waals surface area contributed by atoms with E-state index in [1.54, 1.807) is 18.5 Å². The van der Waals surface area contributed by atoms with Gasteiger partial charge in [-0.2, -0.15) is 0 Å². The van der Waals surface area contributed by atoms with Crippen molar-refractivity contribution in [1.82, 2.24) is 15.0 Å². The Morgan fingerprint density at radius 2 is 1.95 bits per heavy atom. The Bertz CT molecular complexity index is 599. The van der Waals surface area contributed by atoms with Gasteiger partial charge >= 0.3 is 0 Å². The topological polar surface area (TPSA) is 80.9 Å². The van der Waals surface area contributed by atoms with E-state index < -0.39 is 0 Å². The van der Waals surface area contributed by atoms with Crippen LogP contribution in [0.4, 0.5) is 5.95 Å². The Balaban J connectivity index is 2.07. The number of amides is 1. The summed E-state index contributed by atoms with van der Waals surface area (Å²) < 4.78 is 5.67. The van der Waals surface area contributed by atoms with Crippen molar-refractivity contribution in [2.75, 3.05) is 5.32 Å². The number of hydrogen-bond acceptors (Lipinski definition) is 5. The third-order valence-corrected chi connectivity index (χ3v) is 2.67. The van der Waals surface area contributed by atoms with Crippen LogP contribution >= 0.6 is 0 Å². The summed E-state index contributed by atoms with van der Waals surface area (Å²) in [5, 5.41) is 2.62. The van der Waals surface area contributed by atoms with Gasteiger partial charge in [0.05, 0.1) is 12.1 Å². The molecule has 1 amide bonds. The molecule has 20 heavy (non-hydrogen) atoms. The van der Waals surface area contributed by atoms with E-state index in [0.29, 0.717) is 11.7 Å². The standard InChI is InChI=1S/C14H18N4O2/c1-9-10(20-12(17-9)14(2,3)4)8-11(19)18-13-15-6-5-7-16-13/h5-7H,8H2,1-4H3,(H,15,16,18,19). The van der Waals surface area contributed by atoms with Crippen LogP contribution in [0.25, 0.3) is 0 Å². The third kappa shape index (κ3) is 3.40. The van der Waals surface area contributed by atoms with Gasteiger partial charge in [0.1, 0.15) is 5.76 Å². The van der Waals surface area contributed by atoms with Crippen LogP contribution < -0.4 is 5.32 Å². The van der Waals surface area contributed by atoms with E-state index in [1.165, 1.54) is 0 Å². The monoisotopic (exact) mass is 274 g/mol. The highest BCUT2D eigenvalue weighted by Crippen LogP contribution is 2.24. The molecule has 0 saturated heterocycles. The quantitative estimate of drug-likeness (QED) is 0.928. The Hall–Kier alpha value is -2.24. The fourth-order valence-electron chi connectivity index (χ4n) is 1.59. The number of oxazole rings is 1. The summed E-state index contributed by atoms with van der Waals surface area (Å²) in [4.78, 5) is 24.2. The fourth-order valence-corrected chi connectivity index (χ4v) is 1.59. The SMILES string of the molecule is Cc1nc(C(C)(C)C)oc1CC(=O)Nc1ncccn1. The van der Waals surface area contributed by atoms with Gasteiger partial charge in [-0.15, -0.1) is 0 Å². The van der Waals surface area contributed by atoms with E-state index in [-0.39, 0.29) is 23.7 Å². The molecule has 0 fully saturated rings. The zero-order valence-corrected chi connectivity index (χ0v) is 12.1. The molecule has 0 saturated carbocycles. The minimum atomic E-state index is -0.226. The minimum Gasteiger partial charge on any atom is -0.444 e. The molecule has 0 aliphatic carbocycles. The predicted molar refractivity (Wildman–Crippen MR) is 74.3 cm³/mol. The molecule has 0 aliphatic heterocycles. The summed E-state index contributed by atoms with van der Waals surface area (Å²) in [6.07, 6.45) is 3.26. The average Bonchev–Trinajstić information content (AvgIpc) is 2.72. The highest BCUT2D eigenvalue weighted by atomic mass is 16.4. The first kappa shape index (κ1) is 14.2. The van der Waals surface area contributed by atoms with Gasteiger partial charge < -0.3 is 4.42 Å². The minimum absolute atomic E-state index is 0.118. The van der Waals surface area contributed by atoms with Gasteiger partial charge in [-0.25, -0.2) is 15.0 Å². The van der Waals surface area contributed by atoms with E-state index in [1.807, 2.05) is 27.7 Å². The van der Waals surface area contributed by atoms with Gasteiger partial charge in [0.2, 0.25) is 11.9 Å². The van der Waals surface area contributed by atoms with Crippen molar-refractivity contribution in [3.63, 3.8) is 0 Å². The molecule has 0 spiro atoms. The van der Waals surface area contributed by atoms with E-state index in [9.17, 15) is 4.79 Å². The van der Waals surface area contributed by atoms with Gasteiger partial charge in [0.25, 0.3) is 0 Å². The maximum Gasteiger partial charge on any atom is 0.234 e. The Morgan fingerprint density at radius 1 is 1.30 bits per heavy atom. The van der Waals surface area contributed by atoms with E-state index in [2.05, 4.69) is 20.3 Å². The lowest BCUT2D eigenvalue weighted by atomic mass is 9.97. The second-order valence-corrected chi connectivity index (χ2v) is 5.57. The lowest BCUT2D eigenvalue weighted by molar-refractivity contribution is -0.115. The molecule has 1 N–H and O–H groups in total. The molecule has 2 aromatic rings. The summed E-state index contributed by atoms with van der Waals surface area (Å²) in [7, 11) is 0. The Morgan fingerprint density at radius 3 is 2.50 bits per heavy atom. The van der Waals surface area contributed by atoms with Crippen LogP contribution in [0.3, 0.4) is 0 Å². The number of nitrogens with one attached hydrogen (secondary N) is 1. The van der Waals surface area contributed by atoms with Crippen LogP contribution in [-0.4, -0.2) is 20.9 Å². The Labute approximate surface area is 117 Å². The fraction of sp³-hybridized carbons (Fsp3) is 0.429. The molecule has 2 heterocycles. The number of anilines is 1. The molecule has 6 heteroatoms. The number of carbonyl (C=O) groups excluding carboxylic acids is 1. The molecule has 0 unspecified atom stereocenters. The van der Waals surface area contributed by atoms with Crippen LogP contribution in [0, 0.1) is 6.92 Å². The van der Waals surface area contributed by atoms with Gasteiger partial charge in [0, 0.05) is 17.8 Å². The van der Waals surface area contributed by atoms with Crippen LogP contribution in [0.15, 0.2) is 22.9 Å². The lowest BCUT2D eigenvalue weighted by Gasteiger charge is -2.12. The predicted octanol–water partition coefficient (Wildman–Crippen LogP) is 2.25. The van der Waals surface area contributed by atoms with Gasteiger partial charge in [0.15, 0.2) is 5.89 Å². The first-order valence-corrected chi connectivity index (χ1v) is 6.40. The van der Waals surface area contributed by atoms with Crippen molar-refractivity contribution in [3.05, 3.63) is 35.8 Å². The molecule has 0 aromatic carbocycles. The van der Waals surface area contributed by atoms with Crippen molar-refractivity contribution < 1.29 is 9.21 Å². The van der Waals surface area contributed by atoms with Crippen molar-refractivity contribution >= 4 is 11.9 Å². The Kier molecular flexibility index (Phi) is 3.83. The molecule has 0 bridgehead atoms. The number of carbonyl (C=O) groups is 1. The molecule has 0 aliphatic rings. The number of rotatable bonds is 3. The maximum absolute atomic E-state index is 11.9. The van der Waals surface area contributed by atoms with Crippen LogP contribution in [0.1, 0.15) is 38.1 Å². The molecule has 6 nitrogen and oxygen atoms in total. The zero-order valence-electron chi connectivity index (χ0n) is 12.1. The van der Waals surface area contributed by atoms with Crippen LogP contribution in [0.5, 0.6) is 0 Å². The number of hydrogen-bond donors (Lipinski definition) is 1. The van der Waals surface area contributed by atoms with Gasteiger partial charge in [-0.05, 0) is 13.0 Å². The highest BCUT2D eigenvalue weighted by molar-refractivity contribution is 5.90. The average molecular weight is 274 g/mol. The normalized spacial score (nSPS) is 11.4. The van der Waals surface area contributed by atoms with Crippen molar-refractivity contribution in [2.45, 2.75) is 39.5 Å². The van der Waals surface area contributed by atoms with Crippen LogP contribution in [0.2, 0.25) is 0 Å². The molecular weight excluding hydrogens is 256 g/mol. The second-order valence-electron chi connectivity index (χ2n) is 5.57. The van der Waals surface area contributed by atoms with Crippen LogP contribution in [-0.2, 0) is 16.6 Å². The highest BCUT2D eigenvalue weighted by Gasteiger charge is 2.23. The molecule has 0 radical (unpaired) electrons. The summed E-state index contributed by atoms with van der Waals surface area (Å²) in [6.45, 7) is 7.88. The number of aromatic nitrogens is 3. The first-order valence-electron chi connectivity index (χ1n) is 6.40. The van der Waals surface area contributed by atoms with E-state index >= 15 is 0 Å². The zero-order chi connectivity index (χ0) is 14.8. The molecule has 0 atom stereocenters. The maximum atomic E-state index is 11.9. The first-order chi connectivity index (χ1) is 9.36. The van der Waals surface area contributed by atoms with Crippen molar-refractivity contribution in [1.29, 1.82) is 0 Å². The van der Waals surface area contributed by atoms with Gasteiger partial charge in [-0.3, -0.25) is 10.1 Å². The second kappa shape index (κ2) is 5.40. The van der Waals surface area contributed by atoms with E-state index in [0.717, 1.165) is 5.69 Å².